The number of carboxylic acids is 1. The lowest BCUT2D eigenvalue weighted by molar-refractivity contribution is -0.137. The van der Waals surface area contributed by atoms with Crippen molar-refractivity contribution in [1.29, 1.82) is 0 Å². The van der Waals surface area contributed by atoms with E-state index in [1.165, 1.54) is 6.07 Å². The van der Waals surface area contributed by atoms with Crippen LogP contribution in [0.1, 0.15) is 25.1 Å². The zero-order valence-corrected chi connectivity index (χ0v) is 9.64. The molecule has 6 heteroatoms. The second kappa shape index (κ2) is 4.57. The van der Waals surface area contributed by atoms with Gasteiger partial charge in [-0.25, -0.2) is 4.98 Å². The highest BCUT2D eigenvalue weighted by molar-refractivity contribution is 5.68. The van der Waals surface area contributed by atoms with E-state index in [1.807, 2.05) is 4.90 Å². The molecule has 2 N–H and O–H groups in total. The van der Waals surface area contributed by atoms with Gasteiger partial charge in [-0.3, -0.25) is 9.59 Å². The summed E-state index contributed by atoms with van der Waals surface area (Å²) in [5, 5.41) is 8.83. The first-order valence-corrected chi connectivity index (χ1v) is 5.62. The smallest absolute Gasteiger partial charge is 0.305 e. The van der Waals surface area contributed by atoms with Gasteiger partial charge in [-0.2, -0.15) is 0 Å². The summed E-state index contributed by atoms with van der Waals surface area (Å²) in [7, 11) is 0. The summed E-state index contributed by atoms with van der Waals surface area (Å²) >= 11 is 0. The molecule has 1 aromatic rings. The summed E-state index contributed by atoms with van der Waals surface area (Å²) in [6, 6.07) is 1.37. The average Bonchev–Trinajstić information content (AvgIpc) is 2.63. The van der Waals surface area contributed by atoms with Gasteiger partial charge in [0.25, 0.3) is 5.56 Å². The van der Waals surface area contributed by atoms with Crippen molar-refractivity contribution in [2.24, 2.45) is 0 Å². The molecular formula is C11H15N3O3. The molecule has 0 bridgehead atoms. The number of H-pyrrole nitrogens is 1. The number of hydrogen-bond donors (Lipinski definition) is 2. The second-order valence-electron chi connectivity index (χ2n) is 4.28. The molecule has 0 amide bonds. The van der Waals surface area contributed by atoms with Crippen LogP contribution in [-0.2, 0) is 4.79 Å². The van der Waals surface area contributed by atoms with E-state index in [4.69, 9.17) is 5.11 Å². The van der Waals surface area contributed by atoms with Gasteiger partial charge in [0.15, 0.2) is 0 Å². The highest BCUT2D eigenvalue weighted by atomic mass is 16.4. The second-order valence-corrected chi connectivity index (χ2v) is 4.28. The van der Waals surface area contributed by atoms with Gasteiger partial charge in [-0.05, 0) is 19.8 Å². The fourth-order valence-electron chi connectivity index (χ4n) is 2.26. The summed E-state index contributed by atoms with van der Waals surface area (Å²) in [5.41, 5.74) is -0.200. The van der Waals surface area contributed by atoms with Crippen molar-refractivity contribution in [3.63, 3.8) is 0 Å². The first kappa shape index (κ1) is 11.6. The van der Waals surface area contributed by atoms with Crippen molar-refractivity contribution in [3.8, 4) is 0 Å². The number of aliphatic carboxylic acids is 1. The normalized spacial score (nSPS) is 19.6. The van der Waals surface area contributed by atoms with Crippen LogP contribution < -0.4 is 10.5 Å². The number of carbonyl (C=O) groups is 1. The van der Waals surface area contributed by atoms with Crippen molar-refractivity contribution in [2.45, 2.75) is 32.2 Å². The van der Waals surface area contributed by atoms with Crippen LogP contribution in [-0.4, -0.2) is 33.6 Å². The molecule has 2 heterocycles. The van der Waals surface area contributed by atoms with Crippen LogP contribution in [0.15, 0.2) is 10.9 Å². The largest absolute Gasteiger partial charge is 0.481 e. The Balaban J connectivity index is 2.25. The molecule has 1 aromatic heterocycles. The summed E-state index contributed by atoms with van der Waals surface area (Å²) < 4.78 is 0. The molecule has 1 aliphatic heterocycles. The average molecular weight is 237 g/mol. The lowest BCUT2D eigenvalue weighted by Gasteiger charge is -2.24. The van der Waals surface area contributed by atoms with Crippen molar-refractivity contribution < 1.29 is 9.90 Å². The van der Waals surface area contributed by atoms with Crippen molar-refractivity contribution >= 4 is 11.8 Å². The number of carboxylic acid groups (broad SMARTS) is 1. The Labute approximate surface area is 98.3 Å². The van der Waals surface area contributed by atoms with E-state index in [0.717, 1.165) is 19.4 Å². The highest BCUT2D eigenvalue weighted by Crippen LogP contribution is 2.24. The number of hydrogen-bond acceptors (Lipinski definition) is 4. The lowest BCUT2D eigenvalue weighted by Crippen LogP contribution is -2.33. The number of aromatic nitrogens is 2. The summed E-state index contributed by atoms with van der Waals surface area (Å²) in [6.07, 6.45) is 1.86. The van der Waals surface area contributed by atoms with E-state index in [-0.39, 0.29) is 18.0 Å². The Morgan fingerprint density at radius 3 is 3.12 bits per heavy atom. The van der Waals surface area contributed by atoms with Gasteiger partial charge in [0, 0.05) is 18.7 Å². The van der Waals surface area contributed by atoms with Crippen LogP contribution in [0.2, 0.25) is 0 Å². The van der Waals surface area contributed by atoms with E-state index in [2.05, 4.69) is 9.97 Å². The van der Waals surface area contributed by atoms with Crippen LogP contribution in [0, 0.1) is 6.92 Å². The fourth-order valence-corrected chi connectivity index (χ4v) is 2.26. The van der Waals surface area contributed by atoms with Gasteiger partial charge in [-0.1, -0.05) is 0 Å². The van der Waals surface area contributed by atoms with Crippen LogP contribution >= 0.6 is 0 Å². The van der Waals surface area contributed by atoms with Crippen LogP contribution in [0.5, 0.6) is 0 Å². The maximum absolute atomic E-state index is 11.4. The van der Waals surface area contributed by atoms with E-state index in [0.29, 0.717) is 11.6 Å². The van der Waals surface area contributed by atoms with Gasteiger partial charge in [0.1, 0.15) is 11.6 Å². The maximum Gasteiger partial charge on any atom is 0.305 e. The van der Waals surface area contributed by atoms with Crippen molar-refractivity contribution in [2.75, 3.05) is 11.4 Å². The van der Waals surface area contributed by atoms with Gasteiger partial charge in [0.2, 0.25) is 0 Å². The Hall–Kier alpha value is -1.85. The third-order valence-corrected chi connectivity index (χ3v) is 2.93. The van der Waals surface area contributed by atoms with E-state index >= 15 is 0 Å². The monoisotopic (exact) mass is 237 g/mol. The Kier molecular flexibility index (Phi) is 3.12. The van der Waals surface area contributed by atoms with Gasteiger partial charge >= 0.3 is 5.97 Å². The predicted octanol–water partition coefficient (Wildman–Crippen LogP) is 0.522. The SMILES string of the molecule is Cc1nc(N2CCCC2CC(=O)O)cc(=O)[nH]1. The first-order valence-electron chi connectivity index (χ1n) is 5.62. The molecule has 1 saturated heterocycles. The topological polar surface area (TPSA) is 86.3 Å². The number of anilines is 1. The lowest BCUT2D eigenvalue weighted by atomic mass is 10.1. The Bertz CT molecular complexity index is 483. The van der Waals surface area contributed by atoms with Gasteiger partial charge in [0.05, 0.1) is 6.42 Å². The number of nitrogens with zero attached hydrogens (tertiary/aromatic N) is 2. The Morgan fingerprint density at radius 1 is 1.71 bits per heavy atom. The summed E-state index contributed by atoms with van der Waals surface area (Å²) in [6.45, 7) is 2.47. The summed E-state index contributed by atoms with van der Waals surface area (Å²) in [5.74, 6) is 0.312. The summed E-state index contributed by atoms with van der Waals surface area (Å²) in [4.78, 5) is 30.9. The zero-order chi connectivity index (χ0) is 12.4. The fraction of sp³-hybridized carbons (Fsp3) is 0.545. The number of rotatable bonds is 3. The maximum atomic E-state index is 11.4. The number of nitrogens with one attached hydrogen (secondary N) is 1. The van der Waals surface area contributed by atoms with Crippen LogP contribution in [0.25, 0.3) is 0 Å². The predicted molar refractivity (Wildman–Crippen MR) is 62.2 cm³/mol. The minimum atomic E-state index is -0.816. The molecule has 1 atom stereocenters. The molecule has 92 valence electrons. The molecule has 1 unspecified atom stereocenters. The van der Waals surface area contributed by atoms with Gasteiger partial charge in [-0.15, -0.1) is 0 Å². The third-order valence-electron chi connectivity index (χ3n) is 2.93. The molecule has 0 spiro atoms. The zero-order valence-electron chi connectivity index (χ0n) is 9.64. The molecule has 0 aliphatic carbocycles. The van der Waals surface area contributed by atoms with Crippen LogP contribution in [0.3, 0.4) is 0 Å². The molecule has 0 aromatic carbocycles. The van der Waals surface area contributed by atoms with E-state index in [9.17, 15) is 9.59 Å². The number of aromatic amines is 1. The van der Waals surface area contributed by atoms with Gasteiger partial charge < -0.3 is 15.0 Å². The van der Waals surface area contributed by atoms with E-state index < -0.39 is 5.97 Å². The number of aryl methyl sites for hydroxylation is 1. The van der Waals surface area contributed by atoms with Crippen LogP contribution in [0.4, 0.5) is 5.82 Å². The minimum absolute atomic E-state index is 0.0544. The molecule has 1 aliphatic rings. The molecule has 6 nitrogen and oxygen atoms in total. The first-order chi connectivity index (χ1) is 8.06. The molecule has 0 radical (unpaired) electrons. The molecule has 2 rings (SSSR count). The molecule has 1 fully saturated rings. The third kappa shape index (κ3) is 2.64. The van der Waals surface area contributed by atoms with Crippen molar-refractivity contribution in [3.05, 3.63) is 22.2 Å². The van der Waals surface area contributed by atoms with Crippen molar-refractivity contribution in [1.82, 2.24) is 9.97 Å². The quantitative estimate of drug-likeness (QED) is 0.800. The standard InChI is InChI=1S/C11H15N3O3/c1-7-12-9(6-10(15)13-7)14-4-2-3-8(14)5-11(16)17/h6,8H,2-5H2,1H3,(H,16,17)(H,12,13,15). The highest BCUT2D eigenvalue weighted by Gasteiger charge is 2.27. The molecule has 0 saturated carbocycles. The Morgan fingerprint density at radius 2 is 2.47 bits per heavy atom. The molecular weight excluding hydrogens is 222 g/mol. The minimum Gasteiger partial charge on any atom is -0.481 e. The molecule has 17 heavy (non-hydrogen) atoms. The van der Waals surface area contributed by atoms with E-state index in [1.54, 1.807) is 6.92 Å².